The lowest BCUT2D eigenvalue weighted by atomic mass is 10.1. The zero-order valence-electron chi connectivity index (χ0n) is 16.0. The van der Waals surface area contributed by atoms with Crippen LogP contribution >= 0.6 is 11.3 Å². The van der Waals surface area contributed by atoms with Gasteiger partial charge in [0.25, 0.3) is 0 Å². The third-order valence-electron chi connectivity index (χ3n) is 4.81. The highest BCUT2D eigenvalue weighted by atomic mass is 32.1. The van der Waals surface area contributed by atoms with Gasteiger partial charge in [-0.2, -0.15) is 0 Å². The van der Waals surface area contributed by atoms with Gasteiger partial charge in [0.1, 0.15) is 11.8 Å². The molecule has 1 aromatic heterocycles. The molecule has 2 amide bonds. The van der Waals surface area contributed by atoms with Crippen LogP contribution in [0.3, 0.4) is 0 Å². The van der Waals surface area contributed by atoms with Gasteiger partial charge in [-0.1, -0.05) is 48.5 Å². The number of nitrogens with zero attached hydrogens (tertiary/aromatic N) is 2. The summed E-state index contributed by atoms with van der Waals surface area (Å²) in [5.41, 5.74) is 1.87. The standard InChI is InChI=1S/C22H21N3O3S/c1-15-19(16-9-4-2-5-10-16)23-21(29-15)24-20(26)18-13-8-14-25(18)22(27)28-17-11-6-3-7-12-17/h2-7,9-12,18H,8,13-14H2,1H3,(H,23,24,26)/t18-/m0/s1. The highest BCUT2D eigenvalue weighted by molar-refractivity contribution is 7.16. The van der Waals surface area contributed by atoms with E-state index in [1.807, 2.05) is 43.3 Å². The number of hydrogen-bond donors (Lipinski definition) is 1. The Kier molecular flexibility index (Phi) is 5.57. The van der Waals surface area contributed by atoms with Crippen molar-refractivity contribution in [3.63, 3.8) is 0 Å². The van der Waals surface area contributed by atoms with Gasteiger partial charge in [0, 0.05) is 17.0 Å². The Morgan fingerprint density at radius 2 is 1.79 bits per heavy atom. The van der Waals surface area contributed by atoms with Crippen molar-refractivity contribution in [3.05, 3.63) is 65.5 Å². The van der Waals surface area contributed by atoms with Crippen LogP contribution in [-0.2, 0) is 4.79 Å². The highest BCUT2D eigenvalue weighted by Crippen LogP contribution is 2.31. The zero-order valence-corrected chi connectivity index (χ0v) is 16.8. The summed E-state index contributed by atoms with van der Waals surface area (Å²) in [6.07, 6.45) is 0.855. The van der Waals surface area contributed by atoms with Crippen molar-refractivity contribution < 1.29 is 14.3 Å². The van der Waals surface area contributed by atoms with E-state index in [4.69, 9.17) is 4.74 Å². The summed E-state index contributed by atoms with van der Waals surface area (Å²) in [5, 5.41) is 3.42. The Labute approximate surface area is 173 Å². The summed E-state index contributed by atoms with van der Waals surface area (Å²) in [7, 11) is 0. The fourth-order valence-electron chi connectivity index (χ4n) is 3.41. The summed E-state index contributed by atoms with van der Waals surface area (Å²) in [6, 6.07) is 18.2. The molecule has 7 heteroatoms. The molecule has 2 aromatic carbocycles. The number of nitrogens with one attached hydrogen (secondary N) is 1. The monoisotopic (exact) mass is 407 g/mol. The van der Waals surface area contributed by atoms with Crippen LogP contribution in [0.5, 0.6) is 5.75 Å². The first kappa shape index (κ1) is 19.1. The van der Waals surface area contributed by atoms with E-state index in [-0.39, 0.29) is 5.91 Å². The lowest BCUT2D eigenvalue weighted by Crippen LogP contribution is -2.44. The molecule has 0 spiro atoms. The van der Waals surface area contributed by atoms with Gasteiger partial charge in [-0.15, -0.1) is 11.3 Å². The molecule has 0 unspecified atom stereocenters. The van der Waals surface area contributed by atoms with E-state index in [1.54, 1.807) is 24.3 Å². The van der Waals surface area contributed by atoms with Crippen LogP contribution in [0.4, 0.5) is 9.93 Å². The molecule has 6 nitrogen and oxygen atoms in total. The predicted molar refractivity (Wildman–Crippen MR) is 113 cm³/mol. The summed E-state index contributed by atoms with van der Waals surface area (Å²) in [4.78, 5) is 32.5. The Morgan fingerprint density at radius 3 is 2.52 bits per heavy atom. The molecule has 1 N–H and O–H groups in total. The first-order valence-electron chi connectivity index (χ1n) is 9.49. The molecule has 1 aliphatic heterocycles. The van der Waals surface area contributed by atoms with Crippen molar-refractivity contribution in [1.82, 2.24) is 9.88 Å². The van der Waals surface area contributed by atoms with Gasteiger partial charge in [0.05, 0.1) is 5.69 Å². The number of ether oxygens (including phenoxy) is 1. The number of benzene rings is 2. The number of para-hydroxylation sites is 1. The molecular formula is C22H21N3O3S. The number of carbonyl (C=O) groups is 2. The zero-order chi connectivity index (χ0) is 20.2. The third-order valence-corrected chi connectivity index (χ3v) is 5.70. The van der Waals surface area contributed by atoms with E-state index < -0.39 is 12.1 Å². The molecule has 1 atom stereocenters. The molecule has 0 saturated carbocycles. The van der Waals surface area contributed by atoms with Crippen molar-refractivity contribution in [1.29, 1.82) is 0 Å². The largest absolute Gasteiger partial charge is 0.415 e. The van der Waals surface area contributed by atoms with Crippen LogP contribution in [-0.4, -0.2) is 34.5 Å². The molecule has 1 fully saturated rings. The Balaban J connectivity index is 1.44. The van der Waals surface area contributed by atoms with E-state index in [2.05, 4.69) is 10.3 Å². The van der Waals surface area contributed by atoms with Crippen LogP contribution in [0.1, 0.15) is 17.7 Å². The first-order chi connectivity index (χ1) is 14.1. The van der Waals surface area contributed by atoms with Gasteiger partial charge in [-0.3, -0.25) is 9.69 Å². The molecule has 4 rings (SSSR count). The molecule has 3 aromatic rings. The molecule has 0 radical (unpaired) electrons. The lowest BCUT2D eigenvalue weighted by molar-refractivity contribution is -0.119. The SMILES string of the molecule is Cc1sc(NC(=O)[C@@H]2CCCN2C(=O)Oc2ccccc2)nc1-c1ccccc1. The number of aryl methyl sites for hydroxylation is 1. The smallest absolute Gasteiger partial charge is 0.410 e. The van der Waals surface area contributed by atoms with Crippen LogP contribution < -0.4 is 10.1 Å². The quantitative estimate of drug-likeness (QED) is 0.679. The van der Waals surface area contributed by atoms with E-state index in [0.29, 0.717) is 23.8 Å². The summed E-state index contributed by atoms with van der Waals surface area (Å²) < 4.78 is 5.40. The maximum Gasteiger partial charge on any atom is 0.415 e. The van der Waals surface area contributed by atoms with Crippen LogP contribution in [0, 0.1) is 6.92 Å². The first-order valence-corrected chi connectivity index (χ1v) is 10.3. The van der Waals surface area contributed by atoms with Crippen molar-refractivity contribution in [2.45, 2.75) is 25.8 Å². The lowest BCUT2D eigenvalue weighted by Gasteiger charge is -2.22. The number of likely N-dealkylation sites (tertiary alicyclic amines) is 1. The summed E-state index contributed by atoms with van der Waals surface area (Å²) >= 11 is 1.43. The number of aromatic nitrogens is 1. The Hall–Kier alpha value is -3.19. The normalized spacial score (nSPS) is 15.9. The fourth-order valence-corrected chi connectivity index (χ4v) is 4.25. The van der Waals surface area contributed by atoms with Gasteiger partial charge < -0.3 is 10.1 Å². The number of anilines is 1. The number of carbonyl (C=O) groups excluding carboxylic acids is 2. The summed E-state index contributed by atoms with van der Waals surface area (Å²) in [5.74, 6) is 0.229. The van der Waals surface area contributed by atoms with Crippen LogP contribution in [0.25, 0.3) is 11.3 Å². The van der Waals surface area contributed by atoms with Crippen molar-refractivity contribution in [2.75, 3.05) is 11.9 Å². The second kappa shape index (κ2) is 8.45. The van der Waals surface area contributed by atoms with E-state index in [0.717, 1.165) is 22.6 Å². The number of thiazole rings is 1. The summed E-state index contributed by atoms with van der Waals surface area (Å²) in [6.45, 7) is 2.48. The number of rotatable bonds is 4. The second-order valence-corrected chi connectivity index (χ2v) is 8.01. The topological polar surface area (TPSA) is 71.5 Å². The molecule has 1 saturated heterocycles. The van der Waals surface area contributed by atoms with Gasteiger partial charge in [-0.05, 0) is 31.9 Å². The van der Waals surface area contributed by atoms with Gasteiger partial charge in [0.15, 0.2) is 5.13 Å². The van der Waals surface area contributed by atoms with Gasteiger partial charge in [-0.25, -0.2) is 9.78 Å². The van der Waals surface area contributed by atoms with Crippen molar-refractivity contribution >= 4 is 28.5 Å². The maximum atomic E-state index is 12.8. The minimum Gasteiger partial charge on any atom is -0.410 e. The van der Waals surface area contributed by atoms with E-state index >= 15 is 0 Å². The Bertz CT molecular complexity index is 1000. The van der Waals surface area contributed by atoms with E-state index in [9.17, 15) is 9.59 Å². The van der Waals surface area contributed by atoms with Crippen molar-refractivity contribution in [3.8, 4) is 17.0 Å². The molecule has 29 heavy (non-hydrogen) atoms. The van der Waals surface area contributed by atoms with Crippen LogP contribution in [0.15, 0.2) is 60.7 Å². The fraction of sp³-hybridized carbons (Fsp3) is 0.227. The van der Waals surface area contributed by atoms with Gasteiger partial charge >= 0.3 is 6.09 Å². The van der Waals surface area contributed by atoms with Crippen molar-refractivity contribution in [2.24, 2.45) is 0 Å². The highest BCUT2D eigenvalue weighted by Gasteiger charge is 2.35. The molecular weight excluding hydrogens is 386 g/mol. The molecule has 148 valence electrons. The van der Waals surface area contributed by atoms with Gasteiger partial charge in [0.2, 0.25) is 5.91 Å². The second-order valence-electron chi connectivity index (χ2n) is 6.81. The minimum atomic E-state index is -0.560. The Morgan fingerprint density at radius 1 is 1.10 bits per heavy atom. The average molecular weight is 407 g/mol. The average Bonchev–Trinajstić information content (AvgIpc) is 3.36. The number of hydrogen-bond acceptors (Lipinski definition) is 5. The minimum absolute atomic E-state index is 0.235. The molecule has 2 heterocycles. The van der Waals surface area contributed by atoms with Crippen LogP contribution in [0.2, 0.25) is 0 Å². The molecule has 0 bridgehead atoms. The molecule has 0 aliphatic carbocycles. The predicted octanol–water partition coefficient (Wildman–Crippen LogP) is 4.72. The third kappa shape index (κ3) is 4.30. The van der Waals surface area contributed by atoms with E-state index in [1.165, 1.54) is 16.2 Å². The number of amides is 2. The maximum absolute atomic E-state index is 12.8. The molecule has 1 aliphatic rings.